The molecular weight excluding hydrogens is 375 g/mol. The van der Waals surface area contributed by atoms with Crippen LogP contribution >= 0.6 is 23.2 Å². The minimum atomic E-state index is -0.517. The Morgan fingerprint density at radius 2 is 1.85 bits per heavy atom. The Morgan fingerprint density at radius 1 is 1.12 bits per heavy atom. The first-order valence-corrected chi connectivity index (χ1v) is 9.22. The monoisotopic (exact) mass is 394 g/mol. The second kappa shape index (κ2) is 7.33. The minimum absolute atomic E-state index is 0.0689. The Hall–Kier alpha value is -1.98. The summed E-state index contributed by atoms with van der Waals surface area (Å²) in [5.74, 6) is -0.510. The van der Waals surface area contributed by atoms with Crippen LogP contribution in [0.2, 0.25) is 10.0 Å². The van der Waals surface area contributed by atoms with Crippen LogP contribution in [-0.2, 0) is 19.5 Å². The van der Waals surface area contributed by atoms with E-state index in [9.17, 15) is 14.7 Å². The van der Waals surface area contributed by atoms with Gasteiger partial charge in [0.05, 0.1) is 10.0 Å². The minimum Gasteiger partial charge on any atom is -0.503 e. The largest absolute Gasteiger partial charge is 0.503 e. The molecule has 0 unspecified atom stereocenters. The van der Waals surface area contributed by atoms with Gasteiger partial charge < -0.3 is 14.6 Å². The molecule has 5 nitrogen and oxygen atoms in total. The van der Waals surface area contributed by atoms with E-state index in [1.54, 1.807) is 27.7 Å². The van der Waals surface area contributed by atoms with Gasteiger partial charge in [-0.15, -0.1) is 0 Å². The molecule has 0 fully saturated rings. The van der Waals surface area contributed by atoms with Crippen LogP contribution in [0, 0.1) is 5.92 Å². The third-order valence-electron chi connectivity index (χ3n) is 4.43. The summed E-state index contributed by atoms with van der Waals surface area (Å²) in [6.07, 6.45) is 0.669. The summed E-state index contributed by atoms with van der Waals surface area (Å²) in [5.41, 5.74) is 1.16. The lowest BCUT2D eigenvalue weighted by Crippen LogP contribution is -2.42. The van der Waals surface area contributed by atoms with E-state index < -0.39 is 11.2 Å². The molecule has 2 heterocycles. The number of amides is 1. The van der Waals surface area contributed by atoms with Gasteiger partial charge in [-0.05, 0) is 30.0 Å². The quantitative estimate of drug-likeness (QED) is 0.859. The van der Waals surface area contributed by atoms with Crippen molar-refractivity contribution in [2.75, 3.05) is 6.54 Å². The van der Waals surface area contributed by atoms with Crippen LogP contribution < -0.4 is 5.43 Å². The highest BCUT2D eigenvalue weighted by atomic mass is 35.5. The number of aromatic hydroxyl groups is 1. The number of pyridine rings is 1. The van der Waals surface area contributed by atoms with E-state index in [2.05, 4.69) is 0 Å². The predicted molar refractivity (Wildman–Crippen MR) is 102 cm³/mol. The summed E-state index contributed by atoms with van der Waals surface area (Å²) >= 11 is 12.0. The van der Waals surface area contributed by atoms with E-state index in [-0.39, 0.29) is 11.6 Å². The summed E-state index contributed by atoms with van der Waals surface area (Å²) in [6.45, 7) is 5.44. The van der Waals surface area contributed by atoms with Gasteiger partial charge in [0.15, 0.2) is 11.4 Å². The van der Waals surface area contributed by atoms with E-state index in [1.807, 2.05) is 13.8 Å². The van der Waals surface area contributed by atoms with E-state index >= 15 is 0 Å². The maximum absolute atomic E-state index is 12.9. The molecule has 0 atom stereocenters. The number of nitrogens with zero attached hydrogens (tertiary/aromatic N) is 2. The van der Waals surface area contributed by atoms with Gasteiger partial charge in [0.2, 0.25) is 5.43 Å². The number of fused-ring (bicyclic) bond motifs is 1. The number of hydrogen-bond acceptors (Lipinski definition) is 3. The highest BCUT2D eigenvalue weighted by Crippen LogP contribution is 2.26. The van der Waals surface area contributed by atoms with Crippen molar-refractivity contribution in [3.63, 3.8) is 0 Å². The number of benzene rings is 1. The van der Waals surface area contributed by atoms with Crippen LogP contribution in [0.25, 0.3) is 0 Å². The Balaban J connectivity index is 1.95. The number of carbonyl (C=O) groups excluding carboxylic acids is 1. The molecule has 1 aliphatic heterocycles. The molecule has 1 aromatic heterocycles. The first-order valence-electron chi connectivity index (χ1n) is 8.46. The van der Waals surface area contributed by atoms with Crippen molar-refractivity contribution in [3.05, 3.63) is 61.5 Å². The molecule has 2 aromatic rings. The van der Waals surface area contributed by atoms with Crippen molar-refractivity contribution in [3.8, 4) is 5.75 Å². The number of hydrogen-bond donors (Lipinski definition) is 1. The van der Waals surface area contributed by atoms with Gasteiger partial charge in [-0.1, -0.05) is 43.1 Å². The summed E-state index contributed by atoms with van der Waals surface area (Å²) in [4.78, 5) is 26.7. The molecule has 1 aliphatic rings. The van der Waals surface area contributed by atoms with Gasteiger partial charge >= 0.3 is 0 Å². The van der Waals surface area contributed by atoms with Crippen molar-refractivity contribution < 1.29 is 9.90 Å². The van der Waals surface area contributed by atoms with Crippen LogP contribution in [0.1, 0.15) is 35.6 Å². The average Bonchev–Trinajstić information content (AvgIpc) is 2.57. The molecule has 0 spiro atoms. The second-order valence-electron chi connectivity index (χ2n) is 6.92. The normalized spacial score (nSPS) is 14.0. The topological polar surface area (TPSA) is 62.5 Å². The molecule has 1 amide bonds. The molecule has 0 aliphatic carbocycles. The van der Waals surface area contributed by atoms with E-state index in [1.165, 1.54) is 6.07 Å². The standard InChI is InChI=1S/C19H20Cl2N2O3/c1-11(2)7-13-9-16(24)18(25)17-19(26)22(5-6-23(13)17)10-12-3-4-14(20)15(21)8-12/h3-4,8-9,11,25H,5-7,10H2,1-2H3. The van der Waals surface area contributed by atoms with Crippen molar-refractivity contribution in [1.29, 1.82) is 0 Å². The number of aromatic nitrogens is 1. The molecule has 0 radical (unpaired) electrons. The summed E-state index contributed by atoms with van der Waals surface area (Å²) in [6, 6.07) is 6.64. The highest BCUT2D eigenvalue weighted by molar-refractivity contribution is 6.42. The van der Waals surface area contributed by atoms with Gasteiger partial charge in [-0.2, -0.15) is 0 Å². The summed E-state index contributed by atoms with van der Waals surface area (Å²) in [5, 5.41) is 11.1. The number of halogens is 2. The smallest absolute Gasteiger partial charge is 0.274 e. The SMILES string of the molecule is CC(C)Cc1cc(=O)c(O)c2n1CCN(Cc1ccc(Cl)c(Cl)c1)C2=O. The second-order valence-corrected chi connectivity index (χ2v) is 7.74. The molecule has 26 heavy (non-hydrogen) atoms. The van der Waals surface area contributed by atoms with Gasteiger partial charge in [0.1, 0.15) is 0 Å². The zero-order valence-electron chi connectivity index (χ0n) is 14.6. The van der Waals surface area contributed by atoms with Crippen molar-refractivity contribution in [1.82, 2.24) is 9.47 Å². The Labute approximate surface area is 161 Å². The Morgan fingerprint density at radius 3 is 2.50 bits per heavy atom. The van der Waals surface area contributed by atoms with Gasteiger partial charge in [-0.3, -0.25) is 9.59 Å². The zero-order chi connectivity index (χ0) is 19.0. The molecule has 138 valence electrons. The first-order chi connectivity index (χ1) is 12.3. The fourth-order valence-electron chi connectivity index (χ4n) is 3.23. The van der Waals surface area contributed by atoms with Crippen LogP contribution in [-0.4, -0.2) is 27.0 Å². The van der Waals surface area contributed by atoms with Crippen LogP contribution in [0.4, 0.5) is 0 Å². The fraction of sp³-hybridized carbons (Fsp3) is 0.368. The van der Waals surface area contributed by atoms with Crippen LogP contribution in [0.5, 0.6) is 5.75 Å². The van der Waals surface area contributed by atoms with E-state index in [0.29, 0.717) is 42.0 Å². The molecule has 0 saturated heterocycles. The highest BCUT2D eigenvalue weighted by Gasteiger charge is 2.30. The van der Waals surface area contributed by atoms with Gasteiger partial charge in [0, 0.05) is 31.4 Å². The zero-order valence-corrected chi connectivity index (χ0v) is 16.1. The van der Waals surface area contributed by atoms with E-state index in [4.69, 9.17) is 23.2 Å². The molecule has 7 heteroatoms. The maximum atomic E-state index is 12.9. The lowest BCUT2D eigenvalue weighted by Gasteiger charge is -2.32. The third kappa shape index (κ3) is 3.60. The lowest BCUT2D eigenvalue weighted by molar-refractivity contribution is 0.0680. The molecular formula is C19H20Cl2N2O3. The molecule has 3 rings (SSSR count). The van der Waals surface area contributed by atoms with Gasteiger partial charge in [-0.25, -0.2) is 0 Å². The van der Waals surface area contributed by atoms with Crippen LogP contribution in [0.3, 0.4) is 0 Å². The Bertz CT molecular complexity index is 922. The van der Waals surface area contributed by atoms with E-state index in [0.717, 1.165) is 11.3 Å². The lowest BCUT2D eigenvalue weighted by atomic mass is 10.0. The average molecular weight is 395 g/mol. The summed E-state index contributed by atoms with van der Waals surface area (Å²) in [7, 11) is 0. The number of carbonyl (C=O) groups is 1. The van der Waals surface area contributed by atoms with Crippen molar-refractivity contribution in [2.45, 2.75) is 33.4 Å². The molecule has 1 N–H and O–H groups in total. The van der Waals surface area contributed by atoms with Crippen molar-refractivity contribution >= 4 is 29.1 Å². The van der Waals surface area contributed by atoms with Crippen LogP contribution in [0.15, 0.2) is 29.1 Å². The molecule has 1 aromatic carbocycles. The fourth-order valence-corrected chi connectivity index (χ4v) is 3.55. The Kier molecular flexibility index (Phi) is 5.30. The van der Waals surface area contributed by atoms with Crippen molar-refractivity contribution in [2.24, 2.45) is 5.92 Å². The summed E-state index contributed by atoms with van der Waals surface area (Å²) < 4.78 is 1.77. The first kappa shape index (κ1) is 18.8. The third-order valence-corrected chi connectivity index (χ3v) is 5.17. The molecule has 0 bridgehead atoms. The molecule has 0 saturated carbocycles. The van der Waals surface area contributed by atoms with Gasteiger partial charge in [0.25, 0.3) is 5.91 Å². The predicted octanol–water partition coefficient (Wildman–Crippen LogP) is 3.72. The number of rotatable bonds is 4. The maximum Gasteiger partial charge on any atom is 0.274 e.